The van der Waals surface area contributed by atoms with Crippen molar-refractivity contribution in [2.45, 2.75) is 117 Å². The molecule has 1 aliphatic carbocycles. The van der Waals surface area contributed by atoms with E-state index in [2.05, 4.69) is 82.8 Å². The van der Waals surface area contributed by atoms with Crippen LogP contribution in [-0.4, -0.2) is 6.04 Å². The highest BCUT2D eigenvalue weighted by atomic mass is 16.5. The molecule has 0 radical (unpaired) electrons. The van der Waals surface area contributed by atoms with Crippen molar-refractivity contribution in [1.29, 1.82) is 0 Å². The van der Waals surface area contributed by atoms with Crippen LogP contribution in [0, 0.1) is 5.92 Å². The van der Waals surface area contributed by atoms with Crippen LogP contribution in [0.25, 0.3) is 0 Å². The Morgan fingerprint density at radius 3 is 2.21 bits per heavy atom. The van der Waals surface area contributed by atoms with Gasteiger partial charge in [0.05, 0.1) is 11.4 Å². The minimum atomic E-state index is 0.162. The standard InChI is InChI=1S/C31H45NO/c1-7-9-10-23-11-15-26(16-12-23)32-27-17-13-24(22(3)4)20-29(27)33-30-21-25(14-18-28(30)32)31(5,6)19-8-2/h13-14,17-18,20-23,26H,7-12,15-16,19H2,1-6H3. The van der Waals surface area contributed by atoms with E-state index >= 15 is 0 Å². The lowest BCUT2D eigenvalue weighted by Crippen LogP contribution is -2.36. The Hall–Kier alpha value is -1.96. The molecule has 0 aromatic heterocycles. The van der Waals surface area contributed by atoms with Crippen LogP contribution in [0.4, 0.5) is 11.4 Å². The molecule has 1 heterocycles. The number of rotatable bonds is 8. The van der Waals surface area contributed by atoms with Crippen LogP contribution < -0.4 is 9.64 Å². The first-order valence-corrected chi connectivity index (χ1v) is 13.6. The molecule has 2 heteroatoms. The number of fused-ring (bicyclic) bond motifs is 2. The molecule has 0 bridgehead atoms. The van der Waals surface area contributed by atoms with Crippen LogP contribution in [0.5, 0.6) is 11.5 Å². The maximum atomic E-state index is 6.64. The van der Waals surface area contributed by atoms with Gasteiger partial charge in [0, 0.05) is 6.04 Å². The van der Waals surface area contributed by atoms with Gasteiger partial charge in [-0.1, -0.05) is 79.4 Å². The molecule has 2 aromatic rings. The van der Waals surface area contributed by atoms with Gasteiger partial charge in [0.15, 0.2) is 11.5 Å². The van der Waals surface area contributed by atoms with Crippen molar-refractivity contribution < 1.29 is 4.74 Å². The molecule has 2 aromatic carbocycles. The average Bonchev–Trinajstić information content (AvgIpc) is 2.80. The summed E-state index contributed by atoms with van der Waals surface area (Å²) in [5, 5.41) is 0. The first kappa shape index (κ1) is 24.2. The molecule has 33 heavy (non-hydrogen) atoms. The second-order valence-electron chi connectivity index (χ2n) is 11.5. The molecule has 1 saturated carbocycles. The Balaban J connectivity index is 1.69. The topological polar surface area (TPSA) is 12.5 Å². The molecular weight excluding hydrogens is 402 g/mol. The number of hydrogen-bond acceptors (Lipinski definition) is 2. The van der Waals surface area contributed by atoms with Gasteiger partial charge < -0.3 is 9.64 Å². The van der Waals surface area contributed by atoms with E-state index in [1.165, 1.54) is 80.3 Å². The molecule has 0 N–H and O–H groups in total. The van der Waals surface area contributed by atoms with E-state index in [1.54, 1.807) is 0 Å². The van der Waals surface area contributed by atoms with E-state index in [9.17, 15) is 0 Å². The normalized spacial score (nSPS) is 20.4. The Labute approximate surface area is 202 Å². The first-order chi connectivity index (χ1) is 15.8. The van der Waals surface area contributed by atoms with Crippen molar-refractivity contribution in [3.63, 3.8) is 0 Å². The van der Waals surface area contributed by atoms with E-state index in [0.29, 0.717) is 12.0 Å². The quantitative estimate of drug-likeness (QED) is 0.399. The minimum Gasteiger partial charge on any atom is -0.453 e. The number of unbranched alkanes of at least 4 members (excludes halogenated alkanes) is 1. The van der Waals surface area contributed by atoms with Gasteiger partial charge in [-0.15, -0.1) is 0 Å². The molecule has 180 valence electrons. The third-order valence-electron chi connectivity index (χ3n) is 8.15. The van der Waals surface area contributed by atoms with E-state index in [-0.39, 0.29) is 5.41 Å². The molecule has 1 fully saturated rings. The lowest BCUT2D eigenvalue weighted by Gasteiger charge is -2.42. The van der Waals surface area contributed by atoms with E-state index in [4.69, 9.17) is 4.74 Å². The van der Waals surface area contributed by atoms with Crippen LogP contribution in [0.1, 0.15) is 116 Å². The van der Waals surface area contributed by atoms with Gasteiger partial charge >= 0.3 is 0 Å². The SMILES string of the molecule is CCCCC1CCC(N2c3ccc(C(C)C)cc3Oc3cc(C(C)(C)CCC)ccc32)CC1. The van der Waals surface area contributed by atoms with Gasteiger partial charge in [0.25, 0.3) is 0 Å². The lowest BCUT2D eigenvalue weighted by molar-refractivity contribution is 0.300. The fourth-order valence-electron chi connectivity index (χ4n) is 5.98. The summed E-state index contributed by atoms with van der Waals surface area (Å²) in [6.45, 7) is 13.8. The zero-order valence-electron chi connectivity index (χ0n) is 21.9. The third kappa shape index (κ3) is 5.10. The van der Waals surface area contributed by atoms with Gasteiger partial charge in [-0.2, -0.15) is 0 Å². The number of anilines is 2. The molecule has 0 amide bonds. The van der Waals surface area contributed by atoms with Gasteiger partial charge in [-0.3, -0.25) is 0 Å². The minimum absolute atomic E-state index is 0.162. The monoisotopic (exact) mass is 447 g/mol. The van der Waals surface area contributed by atoms with E-state index in [0.717, 1.165) is 17.4 Å². The first-order valence-electron chi connectivity index (χ1n) is 13.6. The Kier molecular flexibility index (Phi) is 7.41. The number of ether oxygens (including phenoxy) is 1. The van der Waals surface area contributed by atoms with Gasteiger partial charge in [-0.05, 0) is 84.7 Å². The molecule has 0 saturated heterocycles. The van der Waals surface area contributed by atoms with E-state index in [1.807, 2.05) is 0 Å². The van der Waals surface area contributed by atoms with Crippen molar-refractivity contribution >= 4 is 11.4 Å². The Morgan fingerprint density at radius 1 is 0.909 bits per heavy atom. The van der Waals surface area contributed by atoms with Crippen molar-refractivity contribution in [1.82, 2.24) is 0 Å². The zero-order valence-corrected chi connectivity index (χ0v) is 21.9. The summed E-state index contributed by atoms with van der Waals surface area (Å²) < 4.78 is 6.64. The van der Waals surface area contributed by atoms with Gasteiger partial charge in [-0.25, -0.2) is 0 Å². The summed E-state index contributed by atoms with van der Waals surface area (Å²) in [5.41, 5.74) is 5.41. The summed E-state index contributed by atoms with van der Waals surface area (Å²) >= 11 is 0. The van der Waals surface area contributed by atoms with E-state index < -0.39 is 0 Å². The molecule has 0 atom stereocenters. The number of benzene rings is 2. The average molecular weight is 448 g/mol. The van der Waals surface area contributed by atoms with Crippen LogP contribution in [-0.2, 0) is 5.41 Å². The maximum absolute atomic E-state index is 6.64. The molecule has 0 unspecified atom stereocenters. The third-order valence-corrected chi connectivity index (χ3v) is 8.15. The highest BCUT2D eigenvalue weighted by molar-refractivity contribution is 5.79. The summed E-state index contributed by atoms with van der Waals surface area (Å²) in [4.78, 5) is 2.63. The van der Waals surface area contributed by atoms with Gasteiger partial charge in [0.1, 0.15) is 0 Å². The summed E-state index contributed by atoms with van der Waals surface area (Å²) in [6, 6.07) is 14.5. The maximum Gasteiger partial charge on any atom is 0.151 e. The van der Waals surface area contributed by atoms with Gasteiger partial charge in [0.2, 0.25) is 0 Å². The van der Waals surface area contributed by atoms with Crippen molar-refractivity contribution in [3.8, 4) is 11.5 Å². The second kappa shape index (κ2) is 10.1. The number of hydrogen-bond donors (Lipinski definition) is 0. The molecular formula is C31H45NO. The predicted molar refractivity (Wildman–Crippen MR) is 142 cm³/mol. The summed E-state index contributed by atoms with van der Waals surface area (Å²) in [6.07, 6.45) is 11.8. The van der Waals surface area contributed by atoms with Crippen molar-refractivity contribution in [3.05, 3.63) is 47.5 Å². The highest BCUT2D eigenvalue weighted by Crippen LogP contribution is 2.51. The van der Waals surface area contributed by atoms with Crippen LogP contribution in [0.15, 0.2) is 36.4 Å². The Bertz CT molecular complexity index is 936. The lowest BCUT2D eigenvalue weighted by atomic mass is 9.80. The molecule has 4 rings (SSSR count). The smallest absolute Gasteiger partial charge is 0.151 e. The molecule has 1 aliphatic heterocycles. The zero-order chi connectivity index (χ0) is 23.6. The van der Waals surface area contributed by atoms with Crippen LogP contribution in [0.2, 0.25) is 0 Å². The van der Waals surface area contributed by atoms with Crippen LogP contribution >= 0.6 is 0 Å². The highest BCUT2D eigenvalue weighted by Gasteiger charge is 2.34. The molecule has 0 spiro atoms. The fraction of sp³-hybridized carbons (Fsp3) is 0.613. The number of nitrogens with zero attached hydrogens (tertiary/aromatic N) is 1. The van der Waals surface area contributed by atoms with Crippen molar-refractivity contribution in [2.24, 2.45) is 5.92 Å². The largest absolute Gasteiger partial charge is 0.453 e. The molecule has 2 aliphatic rings. The molecule has 2 nitrogen and oxygen atoms in total. The van der Waals surface area contributed by atoms with Crippen LogP contribution in [0.3, 0.4) is 0 Å². The predicted octanol–water partition coefficient (Wildman–Crippen LogP) is 9.88. The van der Waals surface area contributed by atoms with Crippen molar-refractivity contribution in [2.75, 3.05) is 4.90 Å². The Morgan fingerprint density at radius 2 is 1.58 bits per heavy atom. The fourth-order valence-corrected chi connectivity index (χ4v) is 5.98. The second-order valence-corrected chi connectivity index (χ2v) is 11.5. The summed E-state index contributed by atoms with van der Waals surface area (Å²) in [5.74, 6) is 3.49. The summed E-state index contributed by atoms with van der Waals surface area (Å²) in [7, 11) is 0.